The van der Waals surface area contributed by atoms with E-state index in [0.29, 0.717) is 11.8 Å². The lowest BCUT2D eigenvalue weighted by Gasteiger charge is -2.28. The molecular weight excluding hydrogens is 280 g/mol. The lowest BCUT2D eigenvalue weighted by molar-refractivity contribution is -0.127. The normalized spacial score (nSPS) is 20.1. The van der Waals surface area contributed by atoms with Crippen LogP contribution in [0.5, 0.6) is 0 Å². The molecular formula is C13H21ClN4O2. The van der Waals surface area contributed by atoms with E-state index < -0.39 is 0 Å². The molecule has 3 rings (SSSR count). The van der Waals surface area contributed by atoms with E-state index in [1.165, 1.54) is 0 Å². The van der Waals surface area contributed by atoms with Crippen molar-refractivity contribution >= 4 is 18.3 Å². The van der Waals surface area contributed by atoms with Gasteiger partial charge in [-0.15, -0.1) is 12.4 Å². The van der Waals surface area contributed by atoms with Gasteiger partial charge in [-0.25, -0.2) is 0 Å². The first-order valence-electron chi connectivity index (χ1n) is 6.99. The summed E-state index contributed by atoms with van der Waals surface area (Å²) in [5.41, 5.74) is 0. The fourth-order valence-electron chi connectivity index (χ4n) is 2.14. The van der Waals surface area contributed by atoms with Crippen molar-refractivity contribution in [2.75, 3.05) is 13.1 Å². The van der Waals surface area contributed by atoms with Crippen LogP contribution in [0.3, 0.4) is 0 Å². The lowest BCUT2D eigenvalue weighted by Crippen LogP contribution is -2.51. The van der Waals surface area contributed by atoms with Crippen molar-refractivity contribution in [3.63, 3.8) is 0 Å². The molecule has 20 heavy (non-hydrogen) atoms. The summed E-state index contributed by atoms with van der Waals surface area (Å²) >= 11 is 0. The average Bonchev–Trinajstić information content (AvgIpc) is 3.02. The first-order chi connectivity index (χ1) is 9.15. The van der Waals surface area contributed by atoms with E-state index in [9.17, 15) is 4.79 Å². The van der Waals surface area contributed by atoms with Crippen molar-refractivity contribution in [3.05, 3.63) is 11.7 Å². The van der Waals surface area contributed by atoms with Crippen molar-refractivity contribution < 1.29 is 9.32 Å². The summed E-state index contributed by atoms with van der Waals surface area (Å²) in [5.74, 6) is 2.18. The van der Waals surface area contributed by atoms with Gasteiger partial charge in [-0.2, -0.15) is 4.98 Å². The number of hydrogen-bond acceptors (Lipinski definition) is 5. The van der Waals surface area contributed by atoms with Crippen LogP contribution in [0.2, 0.25) is 0 Å². The van der Waals surface area contributed by atoms with E-state index in [1.54, 1.807) is 0 Å². The Bertz CT molecular complexity index is 469. The van der Waals surface area contributed by atoms with Gasteiger partial charge in [0.05, 0.1) is 5.92 Å². The molecule has 0 bridgehead atoms. The predicted molar refractivity (Wildman–Crippen MR) is 75.6 cm³/mol. The van der Waals surface area contributed by atoms with Gasteiger partial charge in [0.1, 0.15) is 6.04 Å². The number of amides is 1. The monoisotopic (exact) mass is 300 g/mol. The summed E-state index contributed by atoms with van der Waals surface area (Å²) in [6.07, 6.45) is 2.29. The third-order valence-corrected chi connectivity index (χ3v) is 3.78. The fourth-order valence-corrected chi connectivity index (χ4v) is 2.14. The molecule has 1 amide bonds. The van der Waals surface area contributed by atoms with Crippen LogP contribution < -0.4 is 10.6 Å². The number of hydrogen-bond donors (Lipinski definition) is 2. The molecule has 2 N–H and O–H groups in total. The molecule has 6 nitrogen and oxygen atoms in total. The Labute approximate surface area is 124 Å². The first-order valence-corrected chi connectivity index (χ1v) is 6.99. The van der Waals surface area contributed by atoms with Crippen LogP contribution >= 0.6 is 12.4 Å². The van der Waals surface area contributed by atoms with E-state index >= 15 is 0 Å². The molecule has 1 aliphatic heterocycles. The number of nitrogens with zero attached hydrogens (tertiary/aromatic N) is 2. The summed E-state index contributed by atoms with van der Waals surface area (Å²) in [6.45, 7) is 5.61. The maximum atomic E-state index is 12.0. The molecule has 112 valence electrons. The van der Waals surface area contributed by atoms with E-state index in [0.717, 1.165) is 31.8 Å². The molecule has 1 saturated heterocycles. The Morgan fingerprint density at radius 3 is 2.60 bits per heavy atom. The molecule has 0 spiro atoms. The zero-order valence-electron chi connectivity index (χ0n) is 11.8. The molecule has 1 aromatic heterocycles. The van der Waals surface area contributed by atoms with Crippen molar-refractivity contribution in [2.45, 2.75) is 38.6 Å². The van der Waals surface area contributed by atoms with Gasteiger partial charge in [0.15, 0.2) is 5.82 Å². The molecule has 1 aromatic rings. The molecule has 1 atom stereocenters. The quantitative estimate of drug-likeness (QED) is 0.859. The minimum atomic E-state index is -0.187. The molecule has 1 unspecified atom stereocenters. The largest absolute Gasteiger partial charge is 0.344 e. The van der Waals surface area contributed by atoms with Crippen LogP contribution in [-0.2, 0) is 4.79 Å². The van der Waals surface area contributed by atoms with E-state index in [2.05, 4.69) is 20.8 Å². The molecule has 2 heterocycles. The topological polar surface area (TPSA) is 80.0 Å². The zero-order chi connectivity index (χ0) is 13.4. The number of aromatic nitrogens is 2. The number of nitrogens with one attached hydrogen (secondary N) is 2. The molecule has 2 aliphatic rings. The third-order valence-electron chi connectivity index (χ3n) is 3.78. The average molecular weight is 301 g/mol. The number of rotatable bonds is 5. The molecule has 2 fully saturated rings. The second-order valence-electron chi connectivity index (χ2n) is 5.85. The highest BCUT2D eigenvalue weighted by atomic mass is 35.5. The Morgan fingerprint density at radius 2 is 2.10 bits per heavy atom. The van der Waals surface area contributed by atoms with Gasteiger partial charge in [0.2, 0.25) is 11.8 Å². The van der Waals surface area contributed by atoms with Crippen molar-refractivity contribution in [1.82, 2.24) is 20.8 Å². The van der Waals surface area contributed by atoms with Crippen LogP contribution in [0.25, 0.3) is 0 Å². The van der Waals surface area contributed by atoms with Crippen molar-refractivity contribution in [1.29, 1.82) is 0 Å². The van der Waals surface area contributed by atoms with E-state index in [4.69, 9.17) is 4.52 Å². The smallest absolute Gasteiger partial charge is 0.249 e. The highest BCUT2D eigenvalue weighted by Gasteiger charge is 2.33. The SMILES string of the molecule is CC(C)C(NC(=O)C1CNC1)c1nc(C2CC2)no1.Cl. The lowest BCUT2D eigenvalue weighted by atomic mass is 9.99. The third kappa shape index (κ3) is 3.12. The second-order valence-corrected chi connectivity index (χ2v) is 5.85. The first kappa shape index (κ1) is 15.3. The number of halogens is 1. The van der Waals surface area contributed by atoms with Crippen molar-refractivity contribution in [3.8, 4) is 0 Å². The van der Waals surface area contributed by atoms with Gasteiger partial charge in [-0.05, 0) is 18.8 Å². The van der Waals surface area contributed by atoms with E-state index in [1.807, 2.05) is 13.8 Å². The zero-order valence-corrected chi connectivity index (χ0v) is 12.6. The highest BCUT2D eigenvalue weighted by Crippen LogP contribution is 2.38. The second kappa shape index (κ2) is 6.10. The van der Waals surface area contributed by atoms with Crippen LogP contribution in [0.15, 0.2) is 4.52 Å². The van der Waals surface area contributed by atoms with Gasteiger partial charge in [0.25, 0.3) is 0 Å². The molecule has 1 saturated carbocycles. The highest BCUT2D eigenvalue weighted by molar-refractivity contribution is 5.85. The van der Waals surface area contributed by atoms with Crippen molar-refractivity contribution in [2.24, 2.45) is 11.8 Å². The maximum absolute atomic E-state index is 12.0. The maximum Gasteiger partial charge on any atom is 0.249 e. The van der Waals surface area contributed by atoms with Crippen LogP contribution in [0.4, 0.5) is 0 Å². The summed E-state index contributed by atoms with van der Waals surface area (Å²) in [4.78, 5) is 16.5. The summed E-state index contributed by atoms with van der Waals surface area (Å²) in [5, 5.41) is 10.1. The Balaban J connectivity index is 0.00000147. The molecule has 0 radical (unpaired) electrons. The van der Waals surface area contributed by atoms with Crippen LogP contribution in [0, 0.1) is 11.8 Å². The minimum Gasteiger partial charge on any atom is -0.344 e. The van der Waals surface area contributed by atoms with Gasteiger partial charge >= 0.3 is 0 Å². The Hall–Kier alpha value is -1.14. The Kier molecular flexibility index (Phi) is 4.65. The summed E-state index contributed by atoms with van der Waals surface area (Å²) in [6, 6.07) is -0.187. The number of carbonyl (C=O) groups excluding carboxylic acids is 1. The predicted octanol–water partition coefficient (Wildman–Crippen LogP) is 1.40. The summed E-state index contributed by atoms with van der Waals surface area (Å²) < 4.78 is 5.33. The summed E-state index contributed by atoms with van der Waals surface area (Å²) in [7, 11) is 0. The Morgan fingerprint density at radius 1 is 1.40 bits per heavy atom. The van der Waals surface area contributed by atoms with Crippen LogP contribution in [-0.4, -0.2) is 29.1 Å². The van der Waals surface area contributed by atoms with Gasteiger partial charge in [-0.1, -0.05) is 19.0 Å². The minimum absolute atomic E-state index is 0. The number of carbonyl (C=O) groups is 1. The van der Waals surface area contributed by atoms with E-state index in [-0.39, 0.29) is 36.2 Å². The van der Waals surface area contributed by atoms with Gasteiger partial charge in [0, 0.05) is 19.0 Å². The fraction of sp³-hybridized carbons (Fsp3) is 0.769. The van der Waals surface area contributed by atoms with Gasteiger partial charge < -0.3 is 15.2 Å². The van der Waals surface area contributed by atoms with Gasteiger partial charge in [-0.3, -0.25) is 4.79 Å². The standard InChI is InChI=1S/C13H20N4O2.ClH/c1-7(2)10(15-12(18)9-5-14-6-9)13-16-11(17-19-13)8-3-4-8;/h7-10,14H,3-6H2,1-2H3,(H,15,18);1H. The van der Waals surface area contributed by atoms with Crippen LogP contribution in [0.1, 0.15) is 50.4 Å². The molecule has 0 aromatic carbocycles. The molecule has 1 aliphatic carbocycles. The molecule has 7 heteroatoms.